The van der Waals surface area contributed by atoms with Gasteiger partial charge in [0.2, 0.25) is 0 Å². The van der Waals surface area contributed by atoms with Crippen LogP contribution in [-0.2, 0) is 9.59 Å². The van der Waals surface area contributed by atoms with E-state index in [4.69, 9.17) is 5.11 Å². The molecule has 16 heavy (non-hydrogen) atoms. The van der Waals surface area contributed by atoms with E-state index in [0.29, 0.717) is 10.6 Å². The first-order valence-electron chi connectivity index (χ1n) is 4.33. The Balaban J connectivity index is 2.27. The van der Waals surface area contributed by atoms with E-state index in [1.165, 1.54) is 0 Å². The summed E-state index contributed by atoms with van der Waals surface area (Å²) in [4.78, 5) is 29.6. The molecular weight excluding hydrogens is 228 g/mol. The van der Waals surface area contributed by atoms with E-state index in [1.54, 1.807) is 24.5 Å². The normalized spacial score (nSPS) is 17.6. The lowest BCUT2D eigenvalue weighted by Gasteiger charge is -1.96. The Hall–Kier alpha value is -1.95. The van der Waals surface area contributed by atoms with Gasteiger partial charge >= 0.3 is 5.97 Å². The van der Waals surface area contributed by atoms with Gasteiger partial charge < -0.3 is 5.11 Å². The van der Waals surface area contributed by atoms with Crippen molar-refractivity contribution in [1.29, 1.82) is 0 Å². The molecule has 1 aromatic heterocycles. The van der Waals surface area contributed by atoms with Crippen molar-refractivity contribution in [1.82, 2.24) is 4.98 Å². The van der Waals surface area contributed by atoms with Crippen LogP contribution in [0.25, 0.3) is 0 Å². The lowest BCUT2D eigenvalue weighted by Crippen LogP contribution is -1.94. The average molecular weight is 234 g/mol. The number of thioether (sulfide) groups is 1. The van der Waals surface area contributed by atoms with E-state index in [0.717, 1.165) is 17.8 Å². The van der Waals surface area contributed by atoms with Crippen LogP contribution in [0.15, 0.2) is 40.5 Å². The van der Waals surface area contributed by atoms with Crippen LogP contribution >= 0.6 is 11.8 Å². The number of carboxylic acids is 1. The minimum absolute atomic E-state index is 0.117. The van der Waals surface area contributed by atoms with Crippen LogP contribution in [0.4, 0.5) is 0 Å². The molecule has 1 N–H and O–H groups in total. The molecule has 1 amide bonds. The minimum atomic E-state index is -1.15. The molecule has 0 radical (unpaired) electrons. The van der Waals surface area contributed by atoms with Crippen molar-refractivity contribution in [3.05, 3.63) is 41.1 Å². The maximum absolute atomic E-state index is 11.3. The Morgan fingerprint density at radius 1 is 1.50 bits per heavy atom. The van der Waals surface area contributed by atoms with Gasteiger partial charge in [-0.15, -0.1) is 0 Å². The molecule has 5 nitrogen and oxygen atoms in total. The van der Waals surface area contributed by atoms with E-state index >= 15 is 0 Å². The SMILES string of the molecule is O=C(O)/C=C1/SC(c2cccnc2)=NC1=O. The van der Waals surface area contributed by atoms with E-state index in [-0.39, 0.29) is 4.91 Å². The van der Waals surface area contributed by atoms with Crippen LogP contribution in [0.1, 0.15) is 5.56 Å². The van der Waals surface area contributed by atoms with Gasteiger partial charge in [-0.1, -0.05) is 11.8 Å². The Bertz CT molecular complexity index is 508. The minimum Gasteiger partial charge on any atom is -0.478 e. The molecule has 0 aromatic carbocycles. The van der Waals surface area contributed by atoms with Crippen LogP contribution < -0.4 is 0 Å². The number of aliphatic imine (C=N–C) groups is 1. The topological polar surface area (TPSA) is 79.6 Å². The van der Waals surface area contributed by atoms with E-state index in [9.17, 15) is 9.59 Å². The van der Waals surface area contributed by atoms with Crippen molar-refractivity contribution in [2.45, 2.75) is 0 Å². The summed E-state index contributed by atoms with van der Waals surface area (Å²) in [7, 11) is 0. The summed E-state index contributed by atoms with van der Waals surface area (Å²) in [5.41, 5.74) is 0.703. The number of carboxylic acid groups (broad SMARTS) is 1. The third-order valence-corrected chi connectivity index (χ3v) is 2.82. The Morgan fingerprint density at radius 3 is 2.94 bits per heavy atom. The average Bonchev–Trinajstić information content (AvgIpc) is 2.61. The van der Waals surface area contributed by atoms with Crippen LogP contribution in [0, 0.1) is 0 Å². The first kappa shape index (κ1) is 10.6. The molecule has 1 aliphatic heterocycles. The second-order valence-electron chi connectivity index (χ2n) is 2.91. The highest BCUT2D eigenvalue weighted by molar-refractivity contribution is 8.19. The smallest absolute Gasteiger partial charge is 0.329 e. The molecule has 0 spiro atoms. The van der Waals surface area contributed by atoms with Crippen molar-refractivity contribution in [2.75, 3.05) is 0 Å². The number of carbonyl (C=O) groups is 2. The highest BCUT2D eigenvalue weighted by Crippen LogP contribution is 2.29. The molecule has 0 bridgehead atoms. The largest absolute Gasteiger partial charge is 0.478 e. The zero-order valence-corrected chi connectivity index (χ0v) is 8.77. The summed E-state index contributed by atoms with van der Waals surface area (Å²) in [6, 6.07) is 3.48. The molecule has 0 saturated heterocycles. The van der Waals surface area contributed by atoms with Gasteiger partial charge in [0.15, 0.2) is 0 Å². The second kappa shape index (κ2) is 4.28. The Labute approximate surface area is 94.9 Å². The van der Waals surface area contributed by atoms with Crippen molar-refractivity contribution in [3.63, 3.8) is 0 Å². The van der Waals surface area contributed by atoms with Gasteiger partial charge in [-0.3, -0.25) is 9.78 Å². The third-order valence-electron chi connectivity index (χ3n) is 1.78. The van der Waals surface area contributed by atoms with Crippen molar-refractivity contribution < 1.29 is 14.7 Å². The van der Waals surface area contributed by atoms with E-state index < -0.39 is 11.9 Å². The molecule has 2 rings (SSSR count). The maximum atomic E-state index is 11.3. The number of pyridine rings is 1. The van der Waals surface area contributed by atoms with Crippen LogP contribution in [0.2, 0.25) is 0 Å². The van der Waals surface area contributed by atoms with E-state index in [2.05, 4.69) is 9.98 Å². The van der Waals surface area contributed by atoms with Crippen molar-refractivity contribution >= 4 is 28.7 Å². The lowest BCUT2D eigenvalue weighted by molar-refractivity contribution is -0.131. The number of carbonyl (C=O) groups excluding carboxylic acids is 1. The number of aromatic nitrogens is 1. The van der Waals surface area contributed by atoms with Crippen molar-refractivity contribution in [2.24, 2.45) is 4.99 Å². The fourth-order valence-corrected chi connectivity index (χ4v) is 2.00. The lowest BCUT2D eigenvalue weighted by atomic mass is 10.3. The first-order valence-corrected chi connectivity index (χ1v) is 5.14. The van der Waals surface area contributed by atoms with Crippen molar-refractivity contribution in [3.8, 4) is 0 Å². The summed E-state index contributed by atoms with van der Waals surface area (Å²) in [6.45, 7) is 0. The molecule has 0 fully saturated rings. The molecule has 0 aliphatic carbocycles. The number of amides is 1. The predicted molar refractivity (Wildman–Crippen MR) is 59.1 cm³/mol. The van der Waals surface area contributed by atoms with Crippen LogP contribution in [0.5, 0.6) is 0 Å². The van der Waals surface area contributed by atoms with Gasteiger partial charge in [0.05, 0.1) is 4.91 Å². The summed E-state index contributed by atoms with van der Waals surface area (Å²) < 4.78 is 0. The molecule has 6 heteroatoms. The molecule has 1 aromatic rings. The number of aliphatic carboxylic acids is 1. The van der Waals surface area contributed by atoms with Gasteiger partial charge in [-0.25, -0.2) is 9.79 Å². The fourth-order valence-electron chi connectivity index (χ4n) is 1.13. The van der Waals surface area contributed by atoms with Gasteiger partial charge in [0.25, 0.3) is 5.91 Å². The predicted octanol–water partition coefficient (Wildman–Crippen LogP) is 1.07. The second-order valence-corrected chi connectivity index (χ2v) is 3.94. The van der Waals surface area contributed by atoms with Gasteiger partial charge in [-0.2, -0.15) is 0 Å². The third kappa shape index (κ3) is 2.17. The molecule has 1 aliphatic rings. The van der Waals surface area contributed by atoms with Crippen LogP contribution in [0.3, 0.4) is 0 Å². The molecule has 0 unspecified atom stereocenters. The van der Waals surface area contributed by atoms with Crippen LogP contribution in [-0.4, -0.2) is 27.0 Å². The number of rotatable bonds is 2. The number of nitrogens with zero attached hydrogens (tertiary/aromatic N) is 2. The zero-order chi connectivity index (χ0) is 11.5. The summed E-state index contributed by atoms with van der Waals surface area (Å²) in [6.07, 6.45) is 4.04. The Morgan fingerprint density at radius 2 is 2.31 bits per heavy atom. The van der Waals surface area contributed by atoms with E-state index in [1.807, 2.05) is 0 Å². The maximum Gasteiger partial charge on any atom is 0.329 e. The van der Waals surface area contributed by atoms with Gasteiger partial charge in [0, 0.05) is 24.0 Å². The van der Waals surface area contributed by atoms with Gasteiger partial charge in [-0.05, 0) is 12.1 Å². The highest BCUT2D eigenvalue weighted by Gasteiger charge is 2.23. The Kier molecular flexibility index (Phi) is 2.82. The number of hydrogen-bond donors (Lipinski definition) is 1. The van der Waals surface area contributed by atoms with Gasteiger partial charge in [0.1, 0.15) is 5.04 Å². The summed E-state index contributed by atoms with van der Waals surface area (Å²) >= 11 is 1.04. The number of hydrogen-bond acceptors (Lipinski definition) is 4. The first-order chi connectivity index (χ1) is 7.66. The molecule has 80 valence electrons. The standard InChI is InChI=1S/C10H6N2O3S/c13-8(14)4-7-9(15)12-10(16-7)6-2-1-3-11-5-6/h1-5H,(H,13,14)/b7-4+. The monoisotopic (exact) mass is 234 g/mol. The molecule has 2 heterocycles. The summed E-state index contributed by atoms with van der Waals surface area (Å²) in [5, 5.41) is 9.02. The molecule has 0 saturated carbocycles. The zero-order valence-electron chi connectivity index (χ0n) is 7.95. The molecular formula is C10H6N2O3S. The molecule has 0 atom stereocenters. The quantitative estimate of drug-likeness (QED) is 0.774. The summed E-state index contributed by atoms with van der Waals surface area (Å²) in [5.74, 6) is -1.68. The fraction of sp³-hybridized carbons (Fsp3) is 0. The highest BCUT2D eigenvalue weighted by atomic mass is 32.2.